The van der Waals surface area contributed by atoms with Crippen molar-refractivity contribution in [2.45, 2.75) is 25.1 Å². The zero-order valence-electron chi connectivity index (χ0n) is 9.46. The number of nitrogens with one attached hydrogen (secondary N) is 1. The molecule has 1 aliphatic rings. The van der Waals surface area contributed by atoms with Gasteiger partial charge in [-0.1, -0.05) is 30.3 Å². The summed E-state index contributed by atoms with van der Waals surface area (Å²) < 4.78 is 5.16. The van der Waals surface area contributed by atoms with E-state index >= 15 is 0 Å². The maximum Gasteiger partial charge on any atom is 0.164 e. The Bertz CT molecular complexity index is 391. The summed E-state index contributed by atoms with van der Waals surface area (Å²) in [5.41, 5.74) is 0.735. The van der Waals surface area contributed by atoms with Gasteiger partial charge in [0.15, 0.2) is 18.3 Å². The molecule has 90 valence electrons. The third kappa shape index (κ3) is 3.22. The Hall–Kier alpha value is -1.52. The van der Waals surface area contributed by atoms with Crippen LogP contribution in [0.3, 0.4) is 0 Å². The highest BCUT2D eigenvalue weighted by atomic mass is 16.5. The molecule has 0 bridgehead atoms. The van der Waals surface area contributed by atoms with E-state index in [1.165, 1.54) is 0 Å². The van der Waals surface area contributed by atoms with Crippen molar-refractivity contribution >= 4 is 12.1 Å². The van der Waals surface area contributed by atoms with Gasteiger partial charge < -0.3 is 4.74 Å². The SMILES string of the molecule is O=CC1N[C@H](CCC(=O)c2ccccc2)CO1. The summed E-state index contributed by atoms with van der Waals surface area (Å²) in [5.74, 6) is 0.127. The number of rotatable bonds is 5. The number of hydrogen-bond donors (Lipinski definition) is 1. The Morgan fingerprint density at radius 2 is 2.18 bits per heavy atom. The number of carbonyl (C=O) groups excluding carboxylic acids is 2. The molecule has 17 heavy (non-hydrogen) atoms. The number of Topliss-reactive ketones (excluding diaryl/α,β-unsaturated/α-hetero) is 1. The highest BCUT2D eigenvalue weighted by Gasteiger charge is 2.23. The molecule has 2 rings (SSSR count). The number of ether oxygens (including phenoxy) is 1. The smallest absolute Gasteiger partial charge is 0.164 e. The molecule has 1 aromatic rings. The summed E-state index contributed by atoms with van der Waals surface area (Å²) in [5, 5.41) is 3.00. The monoisotopic (exact) mass is 233 g/mol. The molecule has 0 saturated carbocycles. The van der Waals surface area contributed by atoms with Gasteiger partial charge >= 0.3 is 0 Å². The molecule has 4 nitrogen and oxygen atoms in total. The van der Waals surface area contributed by atoms with Crippen LogP contribution in [0.4, 0.5) is 0 Å². The van der Waals surface area contributed by atoms with E-state index in [9.17, 15) is 9.59 Å². The maximum atomic E-state index is 11.8. The van der Waals surface area contributed by atoms with Crippen LogP contribution in [0.1, 0.15) is 23.2 Å². The van der Waals surface area contributed by atoms with Crippen LogP contribution in [0, 0.1) is 0 Å². The zero-order valence-corrected chi connectivity index (χ0v) is 9.46. The van der Waals surface area contributed by atoms with E-state index in [1.54, 1.807) is 0 Å². The summed E-state index contributed by atoms with van der Waals surface area (Å²) in [6, 6.07) is 9.32. The molecule has 1 fully saturated rings. The second kappa shape index (κ2) is 5.70. The minimum atomic E-state index is -0.508. The molecule has 1 heterocycles. The van der Waals surface area contributed by atoms with Crippen molar-refractivity contribution in [1.29, 1.82) is 0 Å². The van der Waals surface area contributed by atoms with Crippen LogP contribution in [-0.4, -0.2) is 30.9 Å². The molecule has 1 aromatic carbocycles. The van der Waals surface area contributed by atoms with Crippen molar-refractivity contribution in [1.82, 2.24) is 5.32 Å². The van der Waals surface area contributed by atoms with Crippen molar-refractivity contribution in [3.8, 4) is 0 Å². The van der Waals surface area contributed by atoms with Gasteiger partial charge in [0, 0.05) is 18.0 Å². The highest BCUT2D eigenvalue weighted by molar-refractivity contribution is 5.95. The lowest BCUT2D eigenvalue weighted by atomic mass is 10.0. The summed E-state index contributed by atoms with van der Waals surface area (Å²) in [7, 11) is 0. The molecule has 0 amide bonds. The first-order valence-corrected chi connectivity index (χ1v) is 5.71. The lowest BCUT2D eigenvalue weighted by molar-refractivity contribution is -0.116. The number of hydrogen-bond acceptors (Lipinski definition) is 4. The molecule has 1 aliphatic heterocycles. The van der Waals surface area contributed by atoms with E-state index in [4.69, 9.17) is 4.74 Å². The molecule has 1 unspecified atom stereocenters. The lowest BCUT2D eigenvalue weighted by Gasteiger charge is -2.07. The Balaban J connectivity index is 1.79. The molecule has 0 spiro atoms. The zero-order chi connectivity index (χ0) is 12.1. The first kappa shape index (κ1) is 12.0. The van der Waals surface area contributed by atoms with Gasteiger partial charge in [0.1, 0.15) is 0 Å². The van der Waals surface area contributed by atoms with Crippen molar-refractivity contribution in [2.24, 2.45) is 0 Å². The second-order valence-corrected chi connectivity index (χ2v) is 4.08. The van der Waals surface area contributed by atoms with Crippen molar-refractivity contribution in [3.63, 3.8) is 0 Å². The number of carbonyl (C=O) groups is 2. The first-order valence-electron chi connectivity index (χ1n) is 5.71. The largest absolute Gasteiger partial charge is 0.355 e. The Morgan fingerprint density at radius 3 is 2.82 bits per heavy atom. The van der Waals surface area contributed by atoms with Crippen LogP contribution >= 0.6 is 0 Å². The van der Waals surface area contributed by atoms with Crippen LogP contribution in [0.5, 0.6) is 0 Å². The molecular formula is C13H15NO3. The predicted molar refractivity (Wildman–Crippen MR) is 62.7 cm³/mol. The van der Waals surface area contributed by atoms with Gasteiger partial charge in [-0.15, -0.1) is 0 Å². The second-order valence-electron chi connectivity index (χ2n) is 4.08. The van der Waals surface area contributed by atoms with Crippen LogP contribution in [-0.2, 0) is 9.53 Å². The van der Waals surface area contributed by atoms with Gasteiger partial charge in [-0.05, 0) is 6.42 Å². The number of benzene rings is 1. The fourth-order valence-electron chi connectivity index (χ4n) is 1.87. The molecule has 4 heteroatoms. The average Bonchev–Trinajstić information content (AvgIpc) is 2.85. The third-order valence-corrected chi connectivity index (χ3v) is 2.82. The minimum Gasteiger partial charge on any atom is -0.355 e. The molecule has 0 aliphatic carbocycles. The van der Waals surface area contributed by atoms with E-state index < -0.39 is 6.23 Å². The molecule has 0 radical (unpaired) electrons. The lowest BCUT2D eigenvalue weighted by Crippen LogP contribution is -2.31. The normalized spacial score (nSPS) is 23.5. The highest BCUT2D eigenvalue weighted by Crippen LogP contribution is 2.11. The number of ketones is 1. The molecule has 2 atom stereocenters. The quantitative estimate of drug-likeness (QED) is 0.612. The maximum absolute atomic E-state index is 11.8. The van der Waals surface area contributed by atoms with Crippen LogP contribution in [0.25, 0.3) is 0 Å². The molecule has 0 aromatic heterocycles. The minimum absolute atomic E-state index is 0.0952. The topological polar surface area (TPSA) is 55.4 Å². The van der Waals surface area contributed by atoms with Crippen LogP contribution in [0.2, 0.25) is 0 Å². The summed E-state index contributed by atoms with van der Waals surface area (Å²) in [6.45, 7) is 0.492. The van der Waals surface area contributed by atoms with Gasteiger partial charge in [-0.3, -0.25) is 14.9 Å². The van der Waals surface area contributed by atoms with Gasteiger partial charge in [-0.25, -0.2) is 0 Å². The summed E-state index contributed by atoms with van der Waals surface area (Å²) in [4.78, 5) is 22.3. The van der Waals surface area contributed by atoms with E-state index in [1.807, 2.05) is 30.3 Å². The Morgan fingerprint density at radius 1 is 1.41 bits per heavy atom. The predicted octanol–water partition coefficient (Wildman–Crippen LogP) is 1.16. The summed E-state index contributed by atoms with van der Waals surface area (Å²) >= 11 is 0. The van der Waals surface area contributed by atoms with E-state index in [-0.39, 0.29) is 11.8 Å². The Labute approximate surface area is 100.0 Å². The van der Waals surface area contributed by atoms with Gasteiger partial charge in [-0.2, -0.15) is 0 Å². The van der Waals surface area contributed by atoms with Crippen LogP contribution < -0.4 is 5.32 Å². The van der Waals surface area contributed by atoms with E-state index in [0.29, 0.717) is 19.4 Å². The van der Waals surface area contributed by atoms with Gasteiger partial charge in [0.05, 0.1) is 6.61 Å². The summed E-state index contributed by atoms with van der Waals surface area (Å²) in [6.07, 6.45) is 1.39. The molecule has 1 saturated heterocycles. The molecule has 1 N–H and O–H groups in total. The third-order valence-electron chi connectivity index (χ3n) is 2.82. The van der Waals surface area contributed by atoms with Gasteiger partial charge in [0.25, 0.3) is 0 Å². The fourth-order valence-corrected chi connectivity index (χ4v) is 1.87. The first-order chi connectivity index (χ1) is 8.29. The van der Waals surface area contributed by atoms with Gasteiger partial charge in [0.2, 0.25) is 0 Å². The van der Waals surface area contributed by atoms with E-state index in [0.717, 1.165) is 11.8 Å². The van der Waals surface area contributed by atoms with E-state index in [2.05, 4.69) is 5.32 Å². The van der Waals surface area contributed by atoms with Crippen molar-refractivity contribution < 1.29 is 14.3 Å². The van der Waals surface area contributed by atoms with Crippen molar-refractivity contribution in [3.05, 3.63) is 35.9 Å². The Kier molecular flexibility index (Phi) is 4.01. The average molecular weight is 233 g/mol. The van der Waals surface area contributed by atoms with Crippen LogP contribution in [0.15, 0.2) is 30.3 Å². The fraction of sp³-hybridized carbons (Fsp3) is 0.385. The van der Waals surface area contributed by atoms with Crippen molar-refractivity contribution in [2.75, 3.05) is 6.61 Å². The standard InChI is InChI=1S/C13H15NO3/c15-8-13-14-11(9-17-13)6-7-12(16)10-4-2-1-3-5-10/h1-5,8,11,13-14H,6-7,9H2/t11-,13?/m1/s1. The number of aldehydes is 1. The molecular weight excluding hydrogens is 218 g/mol.